The lowest BCUT2D eigenvalue weighted by Gasteiger charge is -2.04. The standard InChI is InChI=1S/C13H15NO4S2/c1-2-18-13(15)10-19-7-8-20(16,17)12-5-3-11(9-14)4-6-12/h3-6H,2,7-8,10H2,1H3. The van der Waals surface area contributed by atoms with E-state index in [0.29, 0.717) is 17.9 Å². The molecule has 0 fully saturated rings. The molecule has 0 heterocycles. The Labute approximate surface area is 122 Å². The first-order valence-corrected chi connectivity index (χ1v) is 8.76. The van der Waals surface area contributed by atoms with Crippen molar-refractivity contribution >= 4 is 27.6 Å². The van der Waals surface area contributed by atoms with Crippen LogP contribution in [0.3, 0.4) is 0 Å². The van der Waals surface area contributed by atoms with Crippen LogP contribution in [0, 0.1) is 11.3 Å². The number of hydrogen-bond acceptors (Lipinski definition) is 6. The highest BCUT2D eigenvalue weighted by atomic mass is 32.2. The fourth-order valence-electron chi connectivity index (χ4n) is 1.38. The van der Waals surface area contributed by atoms with Gasteiger partial charge in [-0.1, -0.05) is 0 Å². The van der Waals surface area contributed by atoms with Crippen LogP contribution in [0.4, 0.5) is 0 Å². The molecule has 0 N–H and O–H groups in total. The highest BCUT2D eigenvalue weighted by molar-refractivity contribution is 8.01. The second kappa shape index (κ2) is 7.92. The summed E-state index contributed by atoms with van der Waals surface area (Å²) < 4.78 is 28.7. The average molecular weight is 313 g/mol. The lowest BCUT2D eigenvalue weighted by atomic mass is 10.2. The van der Waals surface area contributed by atoms with Gasteiger partial charge in [0.1, 0.15) is 0 Å². The lowest BCUT2D eigenvalue weighted by Crippen LogP contribution is -2.12. The molecule has 1 aromatic rings. The minimum atomic E-state index is -3.38. The Morgan fingerprint density at radius 3 is 2.55 bits per heavy atom. The average Bonchev–Trinajstić information content (AvgIpc) is 2.44. The molecule has 7 heteroatoms. The number of thioether (sulfide) groups is 1. The van der Waals surface area contributed by atoms with E-state index in [1.54, 1.807) is 6.92 Å². The van der Waals surface area contributed by atoms with Crippen molar-refractivity contribution in [3.05, 3.63) is 29.8 Å². The van der Waals surface area contributed by atoms with Crippen LogP contribution in [0.1, 0.15) is 12.5 Å². The second-order valence-electron chi connectivity index (χ2n) is 3.81. The van der Waals surface area contributed by atoms with Crippen molar-refractivity contribution in [1.82, 2.24) is 0 Å². The number of nitrogens with zero attached hydrogens (tertiary/aromatic N) is 1. The smallest absolute Gasteiger partial charge is 0.315 e. The van der Waals surface area contributed by atoms with Gasteiger partial charge in [-0.3, -0.25) is 4.79 Å². The lowest BCUT2D eigenvalue weighted by molar-refractivity contribution is -0.139. The molecule has 0 atom stereocenters. The molecular formula is C13H15NO4S2. The molecule has 1 rings (SSSR count). The number of ether oxygens (including phenoxy) is 1. The maximum Gasteiger partial charge on any atom is 0.315 e. The number of hydrogen-bond donors (Lipinski definition) is 0. The first-order valence-electron chi connectivity index (χ1n) is 5.96. The first-order chi connectivity index (χ1) is 9.49. The molecule has 0 bridgehead atoms. The van der Waals surface area contributed by atoms with E-state index in [-0.39, 0.29) is 22.4 Å². The summed E-state index contributed by atoms with van der Waals surface area (Å²) in [7, 11) is -3.38. The van der Waals surface area contributed by atoms with Crippen molar-refractivity contribution < 1.29 is 17.9 Å². The maximum absolute atomic E-state index is 12.0. The molecule has 0 aliphatic carbocycles. The van der Waals surface area contributed by atoms with Gasteiger partial charge in [-0.2, -0.15) is 5.26 Å². The molecule has 0 amide bonds. The molecule has 0 aliphatic rings. The Balaban J connectivity index is 2.49. The van der Waals surface area contributed by atoms with E-state index in [4.69, 9.17) is 10.00 Å². The van der Waals surface area contributed by atoms with Gasteiger partial charge in [-0.05, 0) is 31.2 Å². The second-order valence-corrected chi connectivity index (χ2v) is 7.03. The topological polar surface area (TPSA) is 84.2 Å². The molecule has 20 heavy (non-hydrogen) atoms. The number of rotatable bonds is 7. The Morgan fingerprint density at radius 2 is 2.00 bits per heavy atom. The molecule has 0 aromatic heterocycles. The van der Waals surface area contributed by atoms with Crippen molar-refractivity contribution in [3.8, 4) is 6.07 Å². The van der Waals surface area contributed by atoms with E-state index in [1.807, 2.05) is 6.07 Å². The van der Waals surface area contributed by atoms with Crippen molar-refractivity contribution in [2.75, 3.05) is 23.9 Å². The minimum Gasteiger partial charge on any atom is -0.465 e. The highest BCUT2D eigenvalue weighted by Gasteiger charge is 2.14. The molecule has 0 radical (unpaired) electrons. The zero-order chi connectivity index (χ0) is 15.0. The van der Waals surface area contributed by atoms with Crippen LogP contribution >= 0.6 is 11.8 Å². The van der Waals surface area contributed by atoms with Crippen molar-refractivity contribution in [2.45, 2.75) is 11.8 Å². The third-order valence-corrected chi connectivity index (χ3v) is 5.29. The summed E-state index contributed by atoms with van der Waals surface area (Å²) >= 11 is 1.22. The number of carbonyl (C=O) groups is 1. The largest absolute Gasteiger partial charge is 0.465 e. The van der Waals surface area contributed by atoms with Gasteiger partial charge in [0.15, 0.2) is 9.84 Å². The van der Waals surface area contributed by atoms with Gasteiger partial charge < -0.3 is 4.74 Å². The van der Waals surface area contributed by atoms with E-state index in [2.05, 4.69) is 0 Å². The summed E-state index contributed by atoms with van der Waals surface area (Å²) in [5.41, 5.74) is 0.417. The SMILES string of the molecule is CCOC(=O)CSCCS(=O)(=O)c1ccc(C#N)cc1. The molecule has 0 saturated heterocycles. The van der Waals surface area contributed by atoms with Crippen LogP contribution < -0.4 is 0 Å². The summed E-state index contributed by atoms with van der Waals surface area (Å²) in [6.07, 6.45) is 0. The molecule has 0 saturated carbocycles. The van der Waals surface area contributed by atoms with Gasteiger partial charge in [-0.25, -0.2) is 8.42 Å². The van der Waals surface area contributed by atoms with E-state index in [9.17, 15) is 13.2 Å². The summed E-state index contributed by atoms with van der Waals surface area (Å²) in [5.74, 6) is 0.0779. The zero-order valence-electron chi connectivity index (χ0n) is 11.0. The van der Waals surface area contributed by atoms with Gasteiger partial charge in [0.05, 0.1) is 34.6 Å². The van der Waals surface area contributed by atoms with Crippen LogP contribution in [0.2, 0.25) is 0 Å². The van der Waals surface area contributed by atoms with E-state index >= 15 is 0 Å². The van der Waals surface area contributed by atoms with E-state index in [1.165, 1.54) is 36.0 Å². The van der Waals surface area contributed by atoms with Gasteiger partial charge in [-0.15, -0.1) is 11.8 Å². The minimum absolute atomic E-state index is 0.0526. The summed E-state index contributed by atoms with van der Waals surface area (Å²) in [4.78, 5) is 11.3. The molecule has 0 aliphatic heterocycles. The maximum atomic E-state index is 12.0. The number of benzene rings is 1. The van der Waals surface area contributed by atoms with E-state index < -0.39 is 9.84 Å². The molecular weight excluding hydrogens is 298 g/mol. The number of esters is 1. The third kappa shape index (κ3) is 5.23. The zero-order valence-corrected chi connectivity index (χ0v) is 12.7. The van der Waals surface area contributed by atoms with Crippen LogP contribution in [0.25, 0.3) is 0 Å². The highest BCUT2D eigenvalue weighted by Crippen LogP contribution is 2.14. The quantitative estimate of drug-likeness (QED) is 0.562. The van der Waals surface area contributed by atoms with Crippen LogP contribution in [0.5, 0.6) is 0 Å². The predicted molar refractivity (Wildman–Crippen MR) is 77.2 cm³/mol. The molecule has 5 nitrogen and oxygen atoms in total. The molecule has 1 aromatic carbocycles. The molecule has 0 unspecified atom stereocenters. The van der Waals surface area contributed by atoms with Crippen molar-refractivity contribution in [2.24, 2.45) is 0 Å². The van der Waals surface area contributed by atoms with E-state index in [0.717, 1.165) is 0 Å². The van der Waals surface area contributed by atoms with Gasteiger partial charge in [0, 0.05) is 5.75 Å². The van der Waals surface area contributed by atoms with Gasteiger partial charge in [0.2, 0.25) is 0 Å². The fraction of sp³-hybridized carbons (Fsp3) is 0.385. The Morgan fingerprint density at radius 1 is 1.35 bits per heavy atom. The Kier molecular flexibility index (Phi) is 6.55. The van der Waals surface area contributed by atoms with Gasteiger partial charge in [0.25, 0.3) is 0 Å². The number of carbonyl (C=O) groups excluding carboxylic acids is 1. The van der Waals surface area contributed by atoms with Gasteiger partial charge >= 0.3 is 5.97 Å². The van der Waals surface area contributed by atoms with Crippen LogP contribution in [0.15, 0.2) is 29.2 Å². The Hall–Kier alpha value is -1.52. The monoisotopic (exact) mass is 313 g/mol. The molecule has 108 valence electrons. The van der Waals surface area contributed by atoms with Crippen LogP contribution in [-0.4, -0.2) is 38.3 Å². The van der Waals surface area contributed by atoms with Crippen LogP contribution in [-0.2, 0) is 19.4 Å². The normalized spacial score (nSPS) is 10.8. The summed E-state index contributed by atoms with van der Waals surface area (Å²) in [6, 6.07) is 7.71. The van der Waals surface area contributed by atoms with Crippen molar-refractivity contribution in [1.29, 1.82) is 5.26 Å². The Bertz CT molecular complexity index is 588. The number of nitriles is 1. The first kappa shape index (κ1) is 16.5. The fourth-order valence-corrected chi connectivity index (χ4v) is 3.91. The predicted octanol–water partition coefficient (Wildman–Crippen LogP) is 1.63. The third-order valence-electron chi connectivity index (χ3n) is 2.36. The summed E-state index contributed by atoms with van der Waals surface area (Å²) in [5, 5.41) is 8.65. The number of sulfone groups is 1. The summed E-state index contributed by atoms with van der Waals surface area (Å²) in [6.45, 7) is 2.04. The molecule has 0 spiro atoms. The van der Waals surface area contributed by atoms with Crippen molar-refractivity contribution in [3.63, 3.8) is 0 Å².